The van der Waals surface area contributed by atoms with Crippen molar-refractivity contribution in [2.75, 3.05) is 18.0 Å². The molecule has 0 bridgehead atoms. The minimum atomic E-state index is -2.96. The zero-order valence-corrected chi connectivity index (χ0v) is 25.0. The molecule has 212 valence electrons. The van der Waals surface area contributed by atoms with Gasteiger partial charge in [-0.15, -0.1) is 0 Å². The Morgan fingerprint density at radius 2 is 1.45 bits per heavy atom. The van der Waals surface area contributed by atoms with Gasteiger partial charge in [0, 0.05) is 24.6 Å². The summed E-state index contributed by atoms with van der Waals surface area (Å²) in [5.74, 6) is -2.59. The number of nitrogens with zero attached hydrogens (tertiary/aromatic N) is 1. The van der Waals surface area contributed by atoms with E-state index in [9.17, 15) is 4.79 Å². The Hall–Kier alpha value is -2.87. The molecule has 3 aromatic rings. The molecule has 4 nitrogen and oxygen atoms in total. The molecular formula is C33H39F2NO3Si. The molecule has 7 heteroatoms. The highest BCUT2D eigenvalue weighted by atomic mass is 28.4. The predicted octanol–water partition coefficient (Wildman–Crippen LogP) is 6.25. The van der Waals surface area contributed by atoms with Gasteiger partial charge in [0.1, 0.15) is 0 Å². The van der Waals surface area contributed by atoms with Crippen molar-refractivity contribution in [3.8, 4) is 0 Å². The first kappa shape index (κ1) is 28.6. The van der Waals surface area contributed by atoms with Crippen LogP contribution < -0.4 is 15.3 Å². The van der Waals surface area contributed by atoms with Gasteiger partial charge < -0.3 is 14.1 Å². The summed E-state index contributed by atoms with van der Waals surface area (Å²) in [6, 6.07) is 22.0. The normalized spacial score (nSPS) is 20.0. The Morgan fingerprint density at radius 3 is 1.93 bits per heavy atom. The summed E-state index contributed by atoms with van der Waals surface area (Å²) in [6.45, 7) is 11.3. The van der Waals surface area contributed by atoms with Crippen molar-refractivity contribution in [2.24, 2.45) is 5.92 Å². The summed E-state index contributed by atoms with van der Waals surface area (Å²) < 4.78 is 44.6. The van der Waals surface area contributed by atoms with Gasteiger partial charge in [0.15, 0.2) is 17.4 Å². The third-order valence-electron chi connectivity index (χ3n) is 8.07. The van der Waals surface area contributed by atoms with Crippen molar-refractivity contribution in [1.82, 2.24) is 0 Å². The van der Waals surface area contributed by atoms with Crippen LogP contribution in [0.25, 0.3) is 0 Å². The minimum Gasteiger partial charge on any atom is -0.403 e. The number of ketones is 1. The van der Waals surface area contributed by atoms with Crippen molar-refractivity contribution in [3.63, 3.8) is 0 Å². The minimum absolute atomic E-state index is 0.0465. The van der Waals surface area contributed by atoms with Crippen LogP contribution >= 0.6 is 0 Å². The predicted molar refractivity (Wildman–Crippen MR) is 158 cm³/mol. The standard InChI is InChI=1S/C33H39F2NO3Si/c1-22-19-36(20-23(2)39-22)31-25(18-28(29(34)30(31)35)32(37)24-16-17-24)21-38-40(33(3,4)5,26-12-8-6-9-13-26)27-14-10-7-11-15-27/h6-15,18,22-24H,16-17,19-21H2,1-5H3. The number of hydrogen-bond donors (Lipinski definition) is 0. The maximum atomic E-state index is 16.1. The monoisotopic (exact) mass is 563 g/mol. The number of benzene rings is 3. The largest absolute Gasteiger partial charge is 0.403 e. The highest BCUT2D eigenvalue weighted by molar-refractivity contribution is 6.99. The van der Waals surface area contributed by atoms with Gasteiger partial charge >= 0.3 is 0 Å². The number of halogens is 2. The average molecular weight is 564 g/mol. The molecule has 1 saturated heterocycles. The van der Waals surface area contributed by atoms with Crippen molar-refractivity contribution < 1.29 is 22.7 Å². The van der Waals surface area contributed by atoms with Gasteiger partial charge in [-0.2, -0.15) is 0 Å². The molecule has 1 heterocycles. The molecule has 2 unspecified atom stereocenters. The van der Waals surface area contributed by atoms with Crippen molar-refractivity contribution in [3.05, 3.63) is 89.5 Å². The van der Waals surface area contributed by atoms with E-state index in [0.29, 0.717) is 31.5 Å². The van der Waals surface area contributed by atoms with E-state index in [1.54, 1.807) is 6.07 Å². The third kappa shape index (κ3) is 5.39. The molecule has 1 saturated carbocycles. The van der Waals surface area contributed by atoms with E-state index in [-0.39, 0.29) is 46.8 Å². The lowest BCUT2D eigenvalue weighted by atomic mass is 10.00. The van der Waals surface area contributed by atoms with Gasteiger partial charge in [-0.1, -0.05) is 81.4 Å². The van der Waals surface area contributed by atoms with Crippen LogP contribution in [0.3, 0.4) is 0 Å². The third-order valence-corrected chi connectivity index (χ3v) is 13.1. The number of ether oxygens (including phenoxy) is 1. The first-order valence-electron chi connectivity index (χ1n) is 14.2. The summed E-state index contributed by atoms with van der Waals surface area (Å²) >= 11 is 0. The van der Waals surface area contributed by atoms with Gasteiger partial charge in [0.2, 0.25) is 0 Å². The van der Waals surface area contributed by atoms with Crippen molar-refractivity contribution in [1.29, 1.82) is 0 Å². The SMILES string of the molecule is CC1CN(c2c(CO[Si](c3ccccc3)(c3ccccc3)C(C)(C)C)cc(C(=O)C3CC3)c(F)c2F)CC(C)O1. The van der Waals surface area contributed by atoms with Crippen LogP contribution in [0.5, 0.6) is 0 Å². The Labute approximate surface area is 237 Å². The lowest BCUT2D eigenvalue weighted by Gasteiger charge is -2.43. The molecule has 40 heavy (non-hydrogen) atoms. The van der Waals surface area contributed by atoms with E-state index < -0.39 is 20.0 Å². The van der Waals surface area contributed by atoms with Crippen LogP contribution in [0.4, 0.5) is 14.5 Å². The van der Waals surface area contributed by atoms with Crippen LogP contribution in [-0.2, 0) is 15.8 Å². The molecule has 1 aliphatic heterocycles. The zero-order chi connectivity index (χ0) is 28.7. The summed E-state index contributed by atoms with van der Waals surface area (Å²) in [5.41, 5.74) is 0.501. The molecular weight excluding hydrogens is 524 g/mol. The van der Waals surface area contributed by atoms with E-state index >= 15 is 8.78 Å². The molecule has 0 aromatic heterocycles. The van der Waals surface area contributed by atoms with E-state index in [4.69, 9.17) is 9.16 Å². The first-order valence-corrected chi connectivity index (χ1v) is 16.1. The molecule has 3 aromatic carbocycles. The fourth-order valence-corrected chi connectivity index (χ4v) is 10.7. The summed E-state index contributed by atoms with van der Waals surface area (Å²) in [4.78, 5) is 14.9. The maximum absolute atomic E-state index is 16.1. The molecule has 5 rings (SSSR count). The number of carbonyl (C=O) groups excluding carboxylic acids is 1. The molecule has 0 N–H and O–H groups in total. The van der Waals surface area contributed by atoms with Crippen LogP contribution in [0.1, 0.15) is 63.4 Å². The van der Waals surface area contributed by atoms with Gasteiger partial charge in [-0.25, -0.2) is 8.78 Å². The van der Waals surface area contributed by atoms with Crippen molar-refractivity contribution in [2.45, 2.75) is 71.3 Å². The van der Waals surface area contributed by atoms with Gasteiger partial charge in [0.05, 0.1) is 30.1 Å². The number of hydrogen-bond acceptors (Lipinski definition) is 4. The number of Topliss-reactive ketones (excluding diaryl/α,β-unsaturated/α-hetero) is 1. The number of anilines is 1. The fraction of sp³-hybridized carbons (Fsp3) is 0.424. The van der Waals surface area contributed by atoms with Crippen LogP contribution in [0.2, 0.25) is 5.04 Å². The van der Waals surface area contributed by atoms with Gasteiger partial charge in [-0.05, 0) is 48.2 Å². The van der Waals surface area contributed by atoms with E-state index in [2.05, 4.69) is 45.0 Å². The molecule has 1 aliphatic carbocycles. The van der Waals surface area contributed by atoms with E-state index in [0.717, 1.165) is 10.4 Å². The summed E-state index contributed by atoms with van der Waals surface area (Å²) in [7, 11) is -2.96. The molecule has 2 atom stereocenters. The van der Waals surface area contributed by atoms with Crippen LogP contribution in [0, 0.1) is 17.6 Å². The van der Waals surface area contributed by atoms with Crippen LogP contribution in [-0.4, -0.2) is 39.4 Å². The summed E-state index contributed by atoms with van der Waals surface area (Å²) in [5, 5.41) is 1.91. The van der Waals surface area contributed by atoms with Gasteiger partial charge in [-0.3, -0.25) is 4.79 Å². The topological polar surface area (TPSA) is 38.8 Å². The number of rotatable bonds is 8. The second-order valence-corrected chi connectivity index (χ2v) is 16.6. The second-order valence-electron chi connectivity index (χ2n) is 12.3. The highest BCUT2D eigenvalue weighted by Crippen LogP contribution is 2.40. The fourth-order valence-electron chi connectivity index (χ4n) is 6.17. The molecule has 0 radical (unpaired) electrons. The average Bonchev–Trinajstić information content (AvgIpc) is 3.76. The second kappa shape index (κ2) is 11.2. The molecule has 0 amide bonds. The Balaban J connectivity index is 1.65. The van der Waals surface area contributed by atoms with E-state index in [1.807, 2.05) is 55.1 Å². The number of morpholine rings is 1. The quantitative estimate of drug-likeness (QED) is 0.240. The zero-order valence-electron chi connectivity index (χ0n) is 24.0. The summed E-state index contributed by atoms with van der Waals surface area (Å²) in [6.07, 6.45) is 1.14. The Kier molecular flexibility index (Phi) is 8.01. The lowest BCUT2D eigenvalue weighted by Crippen LogP contribution is -2.66. The smallest absolute Gasteiger partial charge is 0.261 e. The Morgan fingerprint density at radius 1 is 0.925 bits per heavy atom. The van der Waals surface area contributed by atoms with Crippen LogP contribution in [0.15, 0.2) is 66.7 Å². The van der Waals surface area contributed by atoms with Gasteiger partial charge in [0.25, 0.3) is 8.32 Å². The Bertz CT molecular complexity index is 1310. The molecule has 0 spiro atoms. The number of carbonyl (C=O) groups is 1. The molecule has 2 aliphatic rings. The highest BCUT2D eigenvalue weighted by Gasteiger charge is 2.50. The molecule has 2 fully saturated rings. The van der Waals surface area contributed by atoms with Crippen molar-refractivity contribution >= 4 is 30.2 Å². The lowest BCUT2D eigenvalue weighted by molar-refractivity contribution is -0.00553. The maximum Gasteiger partial charge on any atom is 0.261 e. The van der Waals surface area contributed by atoms with E-state index in [1.165, 1.54) is 0 Å². The first-order chi connectivity index (χ1) is 19.0.